The Bertz CT molecular complexity index is 680. The second kappa shape index (κ2) is 5.34. The lowest BCUT2D eigenvalue weighted by atomic mass is 10.1. The van der Waals surface area contributed by atoms with Gasteiger partial charge in [0.1, 0.15) is 5.65 Å². The fraction of sp³-hybridized carbons (Fsp3) is 0.467. The fourth-order valence-corrected chi connectivity index (χ4v) is 2.79. The molecule has 0 aliphatic carbocycles. The highest BCUT2D eigenvalue weighted by atomic mass is 16.3. The van der Waals surface area contributed by atoms with Crippen molar-refractivity contribution < 1.29 is 5.11 Å². The standard InChI is InChI=1S/C15H19N3O2/c1-11-4-2-7-18-14(20)8-12(16-15(11)18)9-17-6-3-5-13(19)10-17/h2,4,7-8,13,19H,3,5-6,9-10H2,1H3. The number of rotatable bonds is 2. The van der Waals surface area contributed by atoms with E-state index in [0.29, 0.717) is 18.7 Å². The lowest BCUT2D eigenvalue weighted by Gasteiger charge is -2.29. The highest BCUT2D eigenvalue weighted by Crippen LogP contribution is 2.13. The minimum atomic E-state index is -0.257. The van der Waals surface area contributed by atoms with Crippen LogP contribution in [0.5, 0.6) is 0 Å². The molecular weight excluding hydrogens is 254 g/mol. The van der Waals surface area contributed by atoms with Crippen molar-refractivity contribution in [3.05, 3.63) is 46.0 Å². The van der Waals surface area contributed by atoms with Crippen LogP contribution in [0, 0.1) is 6.92 Å². The molecule has 1 unspecified atom stereocenters. The summed E-state index contributed by atoms with van der Waals surface area (Å²) in [5.74, 6) is 0. The number of pyridine rings is 1. The third-order valence-electron chi connectivity index (χ3n) is 3.81. The van der Waals surface area contributed by atoms with Crippen LogP contribution in [0.2, 0.25) is 0 Å². The zero-order valence-corrected chi connectivity index (χ0v) is 11.6. The molecule has 0 aromatic carbocycles. The number of fused-ring (bicyclic) bond motifs is 1. The minimum Gasteiger partial charge on any atom is -0.392 e. The summed E-state index contributed by atoms with van der Waals surface area (Å²) in [7, 11) is 0. The van der Waals surface area contributed by atoms with E-state index in [2.05, 4.69) is 9.88 Å². The van der Waals surface area contributed by atoms with Gasteiger partial charge >= 0.3 is 0 Å². The highest BCUT2D eigenvalue weighted by molar-refractivity contribution is 5.46. The van der Waals surface area contributed by atoms with Gasteiger partial charge in [-0.15, -0.1) is 0 Å². The molecule has 1 N–H and O–H groups in total. The topological polar surface area (TPSA) is 57.8 Å². The third-order valence-corrected chi connectivity index (χ3v) is 3.81. The van der Waals surface area contributed by atoms with Crippen molar-refractivity contribution in [3.63, 3.8) is 0 Å². The molecule has 1 saturated heterocycles. The van der Waals surface area contributed by atoms with Gasteiger partial charge < -0.3 is 5.11 Å². The van der Waals surface area contributed by atoms with Gasteiger partial charge in [-0.1, -0.05) is 6.07 Å². The Morgan fingerprint density at radius 3 is 3.15 bits per heavy atom. The lowest BCUT2D eigenvalue weighted by molar-refractivity contribution is 0.0662. The van der Waals surface area contributed by atoms with E-state index in [1.807, 2.05) is 19.1 Å². The molecule has 3 rings (SSSR count). The van der Waals surface area contributed by atoms with Crippen LogP contribution in [0.1, 0.15) is 24.1 Å². The van der Waals surface area contributed by atoms with Gasteiger partial charge in [0.2, 0.25) is 0 Å². The van der Waals surface area contributed by atoms with Crippen molar-refractivity contribution >= 4 is 5.65 Å². The third kappa shape index (κ3) is 2.59. The largest absolute Gasteiger partial charge is 0.392 e. The number of hydrogen-bond acceptors (Lipinski definition) is 4. The van der Waals surface area contributed by atoms with Crippen LogP contribution < -0.4 is 5.56 Å². The molecule has 20 heavy (non-hydrogen) atoms. The number of hydrogen-bond donors (Lipinski definition) is 1. The Morgan fingerprint density at radius 1 is 1.50 bits per heavy atom. The van der Waals surface area contributed by atoms with Gasteiger partial charge in [-0.25, -0.2) is 4.98 Å². The van der Waals surface area contributed by atoms with Crippen LogP contribution in [0.25, 0.3) is 5.65 Å². The van der Waals surface area contributed by atoms with Crippen molar-refractivity contribution in [2.24, 2.45) is 0 Å². The summed E-state index contributed by atoms with van der Waals surface area (Å²) in [5, 5.41) is 9.70. The molecule has 0 amide bonds. The highest BCUT2D eigenvalue weighted by Gasteiger charge is 2.18. The van der Waals surface area contributed by atoms with Gasteiger partial charge in [0, 0.05) is 25.4 Å². The molecule has 1 aliphatic rings. The van der Waals surface area contributed by atoms with Gasteiger partial charge in [0.05, 0.1) is 11.8 Å². The van der Waals surface area contributed by atoms with Crippen LogP contribution in [0.3, 0.4) is 0 Å². The first-order valence-corrected chi connectivity index (χ1v) is 7.02. The fourth-order valence-electron chi connectivity index (χ4n) is 2.79. The monoisotopic (exact) mass is 273 g/mol. The van der Waals surface area contributed by atoms with Crippen molar-refractivity contribution in [2.75, 3.05) is 13.1 Å². The van der Waals surface area contributed by atoms with Gasteiger partial charge in [0.25, 0.3) is 5.56 Å². The molecule has 0 radical (unpaired) electrons. The minimum absolute atomic E-state index is 0.0498. The van der Waals surface area contributed by atoms with Crippen LogP contribution in [0.4, 0.5) is 0 Å². The van der Waals surface area contributed by atoms with E-state index < -0.39 is 0 Å². The molecule has 1 atom stereocenters. The van der Waals surface area contributed by atoms with Gasteiger partial charge in [-0.05, 0) is 37.9 Å². The number of aromatic nitrogens is 2. The van der Waals surface area contributed by atoms with E-state index in [0.717, 1.165) is 30.6 Å². The maximum Gasteiger partial charge on any atom is 0.258 e. The molecule has 2 aromatic rings. The van der Waals surface area contributed by atoms with E-state index in [4.69, 9.17) is 0 Å². The zero-order valence-electron chi connectivity index (χ0n) is 11.6. The number of aliphatic hydroxyl groups is 1. The molecule has 5 heteroatoms. The van der Waals surface area contributed by atoms with Gasteiger partial charge in [-0.2, -0.15) is 0 Å². The molecule has 0 spiro atoms. The molecule has 2 aromatic heterocycles. The van der Waals surface area contributed by atoms with Crippen molar-refractivity contribution in [1.82, 2.24) is 14.3 Å². The summed E-state index contributed by atoms with van der Waals surface area (Å²) in [6.45, 7) is 4.19. The molecule has 106 valence electrons. The number of β-amino-alcohol motifs (C(OH)–C–C–N with tert-alkyl or cyclic N) is 1. The van der Waals surface area contributed by atoms with Gasteiger partial charge in [0.15, 0.2) is 0 Å². The number of aryl methyl sites for hydroxylation is 1. The molecule has 5 nitrogen and oxygen atoms in total. The average molecular weight is 273 g/mol. The lowest BCUT2D eigenvalue weighted by Crippen LogP contribution is -2.38. The Balaban J connectivity index is 1.92. The van der Waals surface area contributed by atoms with Crippen LogP contribution in [-0.4, -0.2) is 38.6 Å². The summed E-state index contributed by atoms with van der Waals surface area (Å²) < 4.78 is 1.57. The number of aliphatic hydroxyl groups excluding tert-OH is 1. The summed E-state index contributed by atoms with van der Waals surface area (Å²) in [6.07, 6.45) is 3.34. The summed E-state index contributed by atoms with van der Waals surface area (Å²) in [5.41, 5.74) is 2.43. The van der Waals surface area contributed by atoms with Crippen LogP contribution in [-0.2, 0) is 6.54 Å². The molecule has 1 fully saturated rings. The predicted octanol–water partition coefficient (Wildman–Crippen LogP) is 0.960. The first-order chi connectivity index (χ1) is 9.63. The summed E-state index contributed by atoms with van der Waals surface area (Å²) in [6, 6.07) is 5.40. The second-order valence-corrected chi connectivity index (χ2v) is 5.50. The van der Waals surface area contributed by atoms with Crippen LogP contribution in [0.15, 0.2) is 29.2 Å². The Hall–Kier alpha value is -1.72. The second-order valence-electron chi connectivity index (χ2n) is 5.50. The smallest absolute Gasteiger partial charge is 0.258 e. The normalized spacial score (nSPS) is 20.4. The van der Waals surface area contributed by atoms with E-state index in [9.17, 15) is 9.90 Å². The SMILES string of the molecule is Cc1cccn2c(=O)cc(CN3CCCC(O)C3)nc12. The van der Waals surface area contributed by atoms with E-state index in [1.54, 1.807) is 16.7 Å². The summed E-state index contributed by atoms with van der Waals surface area (Å²) >= 11 is 0. The van der Waals surface area contributed by atoms with Gasteiger partial charge in [-0.3, -0.25) is 14.1 Å². The molecule has 0 saturated carbocycles. The number of likely N-dealkylation sites (tertiary alicyclic amines) is 1. The first-order valence-electron chi connectivity index (χ1n) is 7.02. The van der Waals surface area contributed by atoms with E-state index in [1.165, 1.54) is 0 Å². The first kappa shape index (κ1) is 13.3. The number of nitrogens with zero attached hydrogens (tertiary/aromatic N) is 3. The summed E-state index contributed by atoms with van der Waals surface area (Å²) in [4.78, 5) is 18.9. The number of piperidine rings is 1. The van der Waals surface area contributed by atoms with Crippen molar-refractivity contribution in [1.29, 1.82) is 0 Å². The molecule has 1 aliphatic heterocycles. The maximum atomic E-state index is 12.1. The maximum absolute atomic E-state index is 12.1. The van der Waals surface area contributed by atoms with Crippen molar-refractivity contribution in [3.8, 4) is 0 Å². The molecule has 3 heterocycles. The molecular formula is C15H19N3O2. The quantitative estimate of drug-likeness (QED) is 0.885. The Kier molecular flexibility index (Phi) is 3.54. The predicted molar refractivity (Wildman–Crippen MR) is 76.7 cm³/mol. The Morgan fingerprint density at radius 2 is 2.35 bits per heavy atom. The zero-order chi connectivity index (χ0) is 14.1. The average Bonchev–Trinajstić information content (AvgIpc) is 2.40. The molecule has 0 bridgehead atoms. The van der Waals surface area contributed by atoms with Crippen molar-refractivity contribution in [2.45, 2.75) is 32.4 Å². The van der Waals surface area contributed by atoms with E-state index >= 15 is 0 Å². The van der Waals surface area contributed by atoms with E-state index in [-0.39, 0.29) is 11.7 Å². The Labute approximate surface area is 117 Å². The van der Waals surface area contributed by atoms with Crippen LogP contribution >= 0.6 is 0 Å².